The van der Waals surface area contributed by atoms with Crippen LogP contribution in [0.15, 0.2) is 29.3 Å². The van der Waals surface area contributed by atoms with E-state index in [-0.39, 0.29) is 12.3 Å². The van der Waals surface area contributed by atoms with E-state index in [9.17, 15) is 14.9 Å². The number of carbonyl (C=O) groups excluding carboxylic acids is 1. The lowest BCUT2D eigenvalue weighted by molar-refractivity contribution is -0.492. The van der Waals surface area contributed by atoms with Gasteiger partial charge < -0.3 is 9.47 Å². The third-order valence-corrected chi connectivity index (χ3v) is 2.48. The van der Waals surface area contributed by atoms with Crippen LogP contribution in [0.2, 0.25) is 0 Å². The van der Waals surface area contributed by atoms with E-state index < -0.39 is 16.9 Å². The highest BCUT2D eigenvalue weighted by atomic mass is 16.6. The number of ether oxygens (including phenoxy) is 2. The van der Waals surface area contributed by atoms with E-state index in [0.717, 1.165) is 0 Å². The second-order valence-corrected chi connectivity index (χ2v) is 3.89. The minimum absolute atomic E-state index is 0.0571. The Bertz CT molecular complexity index is 527. The molecule has 108 valence electrons. The van der Waals surface area contributed by atoms with Crippen LogP contribution in [-0.4, -0.2) is 36.4 Å². The molecule has 0 aliphatic rings. The molecule has 0 radical (unpaired) electrons. The van der Waals surface area contributed by atoms with Gasteiger partial charge in [0, 0.05) is 11.0 Å². The highest BCUT2D eigenvalue weighted by Gasteiger charge is 2.34. The molecule has 1 aromatic rings. The molecule has 0 bridgehead atoms. The first-order valence-electron chi connectivity index (χ1n) is 5.99. The van der Waals surface area contributed by atoms with Crippen LogP contribution in [0.5, 0.6) is 5.75 Å². The number of benzene rings is 1. The van der Waals surface area contributed by atoms with Gasteiger partial charge in [-0.3, -0.25) is 15.1 Å². The molecule has 1 unspecified atom stereocenters. The van der Waals surface area contributed by atoms with Crippen LogP contribution in [0, 0.1) is 10.1 Å². The van der Waals surface area contributed by atoms with E-state index in [1.54, 1.807) is 31.2 Å². The van der Waals surface area contributed by atoms with Gasteiger partial charge in [-0.2, -0.15) is 0 Å². The first-order valence-corrected chi connectivity index (χ1v) is 5.99. The van der Waals surface area contributed by atoms with Crippen LogP contribution in [-0.2, 0) is 9.53 Å². The average molecular weight is 280 g/mol. The number of nitrogens with zero attached hydrogens (tertiary/aromatic N) is 2. The summed E-state index contributed by atoms with van der Waals surface area (Å²) in [6.07, 6.45) is 0. The Kier molecular flexibility index (Phi) is 5.64. The lowest BCUT2D eigenvalue weighted by Crippen LogP contribution is -2.37. The van der Waals surface area contributed by atoms with Gasteiger partial charge in [0.25, 0.3) is 0 Å². The van der Waals surface area contributed by atoms with Crippen LogP contribution in [0.1, 0.15) is 13.8 Å². The summed E-state index contributed by atoms with van der Waals surface area (Å²) in [4.78, 5) is 25.9. The van der Waals surface area contributed by atoms with Gasteiger partial charge in [0.15, 0.2) is 0 Å². The van der Waals surface area contributed by atoms with Crippen molar-refractivity contribution in [3.63, 3.8) is 0 Å². The summed E-state index contributed by atoms with van der Waals surface area (Å²) >= 11 is 0. The molecule has 0 aromatic heterocycles. The molecule has 0 saturated heterocycles. The predicted molar refractivity (Wildman–Crippen MR) is 73.2 cm³/mol. The molecule has 7 heteroatoms. The van der Waals surface area contributed by atoms with Crippen molar-refractivity contribution in [2.75, 3.05) is 13.7 Å². The standard InChI is InChI=1S/C13H16N2O5/c1-4-20-13(16)12(15(17)18)9(2)14-10-6-5-7-11(8-10)19-3/h5-8,12H,4H2,1-3H3. The maximum absolute atomic E-state index is 11.6. The van der Waals surface area contributed by atoms with Crippen molar-refractivity contribution in [3.05, 3.63) is 34.4 Å². The summed E-state index contributed by atoms with van der Waals surface area (Å²) in [5, 5.41) is 11.0. The van der Waals surface area contributed by atoms with Crippen LogP contribution in [0.25, 0.3) is 0 Å². The molecule has 7 nitrogen and oxygen atoms in total. The van der Waals surface area contributed by atoms with Crippen molar-refractivity contribution < 1.29 is 19.2 Å². The SMILES string of the molecule is CCOC(=O)C(C(C)=Nc1cccc(OC)c1)[N+](=O)[O-]. The van der Waals surface area contributed by atoms with Crippen molar-refractivity contribution in [2.24, 2.45) is 4.99 Å². The molecule has 0 saturated carbocycles. The van der Waals surface area contributed by atoms with Crippen molar-refractivity contribution in [2.45, 2.75) is 19.9 Å². The van der Waals surface area contributed by atoms with Crippen LogP contribution in [0.4, 0.5) is 5.69 Å². The van der Waals surface area contributed by atoms with E-state index in [1.807, 2.05) is 0 Å². The van der Waals surface area contributed by atoms with Crippen molar-refractivity contribution in [1.29, 1.82) is 0 Å². The summed E-state index contributed by atoms with van der Waals surface area (Å²) < 4.78 is 9.72. The zero-order valence-corrected chi connectivity index (χ0v) is 11.5. The number of methoxy groups -OCH3 is 1. The molecule has 0 spiro atoms. The minimum atomic E-state index is -1.60. The second kappa shape index (κ2) is 7.22. The summed E-state index contributed by atoms with van der Waals surface area (Å²) in [5.41, 5.74) is 0.528. The van der Waals surface area contributed by atoms with E-state index in [4.69, 9.17) is 4.74 Å². The Hall–Kier alpha value is -2.44. The molecule has 1 rings (SSSR count). The number of hydrogen-bond acceptors (Lipinski definition) is 6. The average Bonchev–Trinajstić information content (AvgIpc) is 2.38. The molecule has 0 N–H and O–H groups in total. The Morgan fingerprint density at radius 1 is 1.50 bits per heavy atom. The van der Waals surface area contributed by atoms with E-state index >= 15 is 0 Å². The smallest absolute Gasteiger partial charge is 0.388 e. The third kappa shape index (κ3) is 4.04. The summed E-state index contributed by atoms with van der Waals surface area (Å²) in [7, 11) is 1.51. The number of hydrogen-bond donors (Lipinski definition) is 0. The maximum atomic E-state index is 11.6. The van der Waals surface area contributed by atoms with Crippen LogP contribution in [0.3, 0.4) is 0 Å². The third-order valence-electron chi connectivity index (χ3n) is 2.48. The Morgan fingerprint density at radius 3 is 2.75 bits per heavy atom. The number of esters is 1. The predicted octanol–water partition coefficient (Wildman–Crippen LogP) is 2.00. The Labute approximate surface area is 116 Å². The summed E-state index contributed by atoms with van der Waals surface area (Å²) in [6.45, 7) is 3.09. The normalized spacial score (nSPS) is 12.7. The first-order chi connectivity index (χ1) is 9.49. The fraction of sp³-hybridized carbons (Fsp3) is 0.385. The van der Waals surface area contributed by atoms with Gasteiger partial charge in [0.05, 0.1) is 19.4 Å². The van der Waals surface area contributed by atoms with Gasteiger partial charge in [-0.05, 0) is 26.0 Å². The van der Waals surface area contributed by atoms with Crippen molar-refractivity contribution in [3.8, 4) is 5.75 Å². The largest absolute Gasteiger partial charge is 0.497 e. The van der Waals surface area contributed by atoms with E-state index in [0.29, 0.717) is 11.4 Å². The fourth-order valence-electron chi connectivity index (χ4n) is 1.58. The minimum Gasteiger partial charge on any atom is -0.497 e. The van der Waals surface area contributed by atoms with Gasteiger partial charge in [-0.1, -0.05) is 6.07 Å². The van der Waals surface area contributed by atoms with Crippen molar-refractivity contribution in [1.82, 2.24) is 0 Å². The quantitative estimate of drug-likeness (QED) is 0.344. The van der Waals surface area contributed by atoms with Crippen LogP contribution < -0.4 is 4.74 Å². The highest BCUT2D eigenvalue weighted by molar-refractivity contribution is 6.04. The maximum Gasteiger partial charge on any atom is 0.388 e. The molecule has 0 heterocycles. The van der Waals surface area contributed by atoms with Crippen LogP contribution >= 0.6 is 0 Å². The topological polar surface area (TPSA) is 91.0 Å². The molecule has 0 fully saturated rings. The van der Waals surface area contributed by atoms with Gasteiger partial charge in [0.2, 0.25) is 0 Å². The van der Waals surface area contributed by atoms with Gasteiger partial charge >= 0.3 is 12.0 Å². The number of carbonyl (C=O) groups is 1. The fourth-order valence-corrected chi connectivity index (χ4v) is 1.58. The van der Waals surface area contributed by atoms with Crippen molar-refractivity contribution >= 4 is 17.4 Å². The number of rotatable bonds is 6. The number of nitro groups is 1. The van der Waals surface area contributed by atoms with E-state index in [2.05, 4.69) is 9.73 Å². The zero-order valence-electron chi connectivity index (χ0n) is 11.5. The molecular formula is C13H16N2O5. The molecule has 20 heavy (non-hydrogen) atoms. The van der Waals surface area contributed by atoms with Gasteiger partial charge in [-0.15, -0.1) is 0 Å². The second-order valence-electron chi connectivity index (χ2n) is 3.89. The number of aliphatic imine (C=N–C) groups is 1. The Morgan fingerprint density at radius 2 is 2.20 bits per heavy atom. The lowest BCUT2D eigenvalue weighted by Gasteiger charge is -2.08. The first kappa shape index (κ1) is 15.6. The Balaban J connectivity index is 3.04. The molecule has 0 aliphatic carbocycles. The molecule has 1 aromatic carbocycles. The molecule has 0 aliphatic heterocycles. The van der Waals surface area contributed by atoms with Gasteiger partial charge in [0.1, 0.15) is 11.5 Å². The van der Waals surface area contributed by atoms with Gasteiger partial charge in [-0.25, -0.2) is 4.79 Å². The molecular weight excluding hydrogens is 264 g/mol. The molecule has 1 atom stereocenters. The summed E-state index contributed by atoms with van der Waals surface area (Å²) in [5.74, 6) is -0.338. The molecule has 0 amide bonds. The summed E-state index contributed by atoms with van der Waals surface area (Å²) in [6, 6.07) is 5.11. The lowest BCUT2D eigenvalue weighted by atomic mass is 10.2. The highest BCUT2D eigenvalue weighted by Crippen LogP contribution is 2.20. The monoisotopic (exact) mass is 280 g/mol. The van der Waals surface area contributed by atoms with E-state index in [1.165, 1.54) is 14.0 Å². The zero-order chi connectivity index (χ0) is 15.1.